The Morgan fingerprint density at radius 1 is 0.936 bits per heavy atom. The van der Waals surface area contributed by atoms with Gasteiger partial charge in [-0.2, -0.15) is 18.3 Å². The minimum absolute atomic E-state index is 0.0476. The number of piperidine rings is 1. The van der Waals surface area contributed by atoms with E-state index in [4.69, 9.17) is 4.74 Å². The van der Waals surface area contributed by atoms with Crippen LogP contribution in [0, 0.1) is 0 Å². The second-order valence-corrected chi connectivity index (χ2v) is 11.5. The number of carbonyl (C=O) groups is 1. The van der Waals surface area contributed by atoms with Crippen LogP contribution >= 0.6 is 0 Å². The monoisotopic (exact) mass is 638 g/mol. The highest BCUT2D eigenvalue weighted by atomic mass is 19.4. The molecule has 5 aromatic rings. The number of aromatic nitrogens is 4. The summed E-state index contributed by atoms with van der Waals surface area (Å²) in [6, 6.07) is 27.9. The van der Waals surface area contributed by atoms with Crippen LogP contribution in [0.15, 0.2) is 103 Å². The number of alkyl halides is 3. The third kappa shape index (κ3) is 7.74. The molecule has 1 saturated heterocycles. The van der Waals surface area contributed by atoms with Gasteiger partial charge in [0.2, 0.25) is 5.95 Å². The minimum atomic E-state index is -4.51. The number of hydrogen-bond donors (Lipinski definition) is 1. The number of halogens is 3. The van der Waals surface area contributed by atoms with Gasteiger partial charge in [0.05, 0.1) is 23.0 Å². The molecule has 0 bridgehead atoms. The molecule has 1 atom stereocenters. The van der Waals surface area contributed by atoms with E-state index in [0.717, 1.165) is 23.3 Å². The number of rotatable bonds is 8. The number of anilines is 1. The van der Waals surface area contributed by atoms with E-state index in [-0.39, 0.29) is 24.7 Å². The van der Waals surface area contributed by atoms with Crippen LogP contribution in [0.25, 0.3) is 22.5 Å². The molecular formula is C36H33F3N6O2. The van der Waals surface area contributed by atoms with Crippen LogP contribution in [-0.4, -0.2) is 44.2 Å². The van der Waals surface area contributed by atoms with Gasteiger partial charge in [-0.25, -0.2) is 14.8 Å². The first-order valence-electron chi connectivity index (χ1n) is 15.4. The average molecular weight is 639 g/mol. The fraction of sp³-hybridized carbons (Fsp3) is 0.250. The average Bonchev–Trinajstić information content (AvgIpc) is 3.11. The highest BCUT2D eigenvalue weighted by Gasteiger charge is 2.31. The molecule has 1 unspecified atom stereocenters. The van der Waals surface area contributed by atoms with Crippen molar-refractivity contribution < 1.29 is 22.7 Å². The number of ether oxygens (including phenoxy) is 1. The number of hydrogen-bond acceptors (Lipinski definition) is 7. The van der Waals surface area contributed by atoms with Gasteiger partial charge in [-0.1, -0.05) is 72.8 Å². The molecule has 0 spiro atoms. The Kier molecular flexibility index (Phi) is 9.42. The summed E-state index contributed by atoms with van der Waals surface area (Å²) in [7, 11) is 0. The lowest BCUT2D eigenvalue weighted by Gasteiger charge is -2.31. The molecule has 1 aliphatic heterocycles. The summed E-state index contributed by atoms with van der Waals surface area (Å²) in [6.45, 7) is 3.10. The summed E-state index contributed by atoms with van der Waals surface area (Å²) in [4.78, 5) is 23.4. The Labute approximate surface area is 270 Å². The molecule has 8 nitrogen and oxygen atoms in total. The molecule has 11 heteroatoms. The standard InChI is InChI=1S/C36H33F3N6O2/c1-24(26-11-6-3-7-12-26)41-34-40-18-15-31(42-34)33-30(28-13-8-14-29(21-28)36(37,38)39)22-32(43-44-33)27-16-19-45(20-17-27)35(46)47-23-25-9-4-2-5-10-25/h2-15,18,21-22,24,27H,16-17,19-20,23H2,1H3,(H,40,41,42). The van der Waals surface area contributed by atoms with Crippen molar-refractivity contribution in [3.8, 4) is 22.5 Å². The Bertz CT molecular complexity index is 1810. The molecule has 240 valence electrons. The molecule has 2 aromatic heterocycles. The molecule has 1 N–H and O–H groups in total. The molecular weight excluding hydrogens is 605 g/mol. The quantitative estimate of drug-likeness (QED) is 0.183. The third-order valence-electron chi connectivity index (χ3n) is 8.23. The maximum atomic E-state index is 13.7. The van der Waals surface area contributed by atoms with E-state index in [1.807, 2.05) is 67.6 Å². The first-order valence-corrected chi connectivity index (χ1v) is 15.4. The zero-order valence-electron chi connectivity index (χ0n) is 25.7. The van der Waals surface area contributed by atoms with E-state index >= 15 is 0 Å². The molecule has 47 heavy (non-hydrogen) atoms. The van der Waals surface area contributed by atoms with Gasteiger partial charge < -0.3 is 15.0 Å². The zero-order valence-corrected chi connectivity index (χ0v) is 25.7. The van der Waals surface area contributed by atoms with Crippen molar-refractivity contribution in [2.24, 2.45) is 0 Å². The molecule has 3 aromatic carbocycles. The smallest absolute Gasteiger partial charge is 0.416 e. The van der Waals surface area contributed by atoms with Gasteiger partial charge in [-0.05, 0) is 60.7 Å². The molecule has 0 saturated carbocycles. The lowest BCUT2D eigenvalue weighted by Crippen LogP contribution is -2.38. The van der Waals surface area contributed by atoms with Crippen molar-refractivity contribution in [2.45, 2.75) is 44.5 Å². The fourth-order valence-electron chi connectivity index (χ4n) is 5.63. The number of nitrogens with zero attached hydrogens (tertiary/aromatic N) is 5. The number of carbonyl (C=O) groups excluding carboxylic acids is 1. The summed E-state index contributed by atoms with van der Waals surface area (Å²) < 4.78 is 46.7. The van der Waals surface area contributed by atoms with Gasteiger partial charge in [0.25, 0.3) is 0 Å². The predicted molar refractivity (Wildman–Crippen MR) is 172 cm³/mol. The maximum absolute atomic E-state index is 13.7. The van der Waals surface area contributed by atoms with Crippen molar-refractivity contribution in [3.63, 3.8) is 0 Å². The topological polar surface area (TPSA) is 93.1 Å². The lowest BCUT2D eigenvalue weighted by molar-refractivity contribution is -0.137. The highest BCUT2D eigenvalue weighted by Crippen LogP contribution is 2.37. The van der Waals surface area contributed by atoms with Gasteiger partial charge in [0.15, 0.2) is 0 Å². The van der Waals surface area contributed by atoms with Crippen molar-refractivity contribution in [2.75, 3.05) is 18.4 Å². The van der Waals surface area contributed by atoms with Crippen LogP contribution in [0.2, 0.25) is 0 Å². The normalized spacial score (nSPS) is 14.4. The first kappa shape index (κ1) is 31.7. The summed E-state index contributed by atoms with van der Waals surface area (Å²) in [6.07, 6.45) is -2.10. The van der Waals surface area contributed by atoms with E-state index in [0.29, 0.717) is 60.1 Å². The molecule has 1 amide bonds. The van der Waals surface area contributed by atoms with Gasteiger partial charge in [0.1, 0.15) is 12.3 Å². The molecule has 0 radical (unpaired) electrons. The third-order valence-corrected chi connectivity index (χ3v) is 8.23. The van der Waals surface area contributed by atoms with E-state index in [1.165, 1.54) is 6.07 Å². The lowest BCUT2D eigenvalue weighted by atomic mass is 9.91. The molecule has 6 rings (SSSR count). The zero-order chi connectivity index (χ0) is 32.8. The fourth-order valence-corrected chi connectivity index (χ4v) is 5.63. The van der Waals surface area contributed by atoms with E-state index in [9.17, 15) is 18.0 Å². The predicted octanol–water partition coefficient (Wildman–Crippen LogP) is 8.31. The summed E-state index contributed by atoms with van der Waals surface area (Å²) in [5, 5.41) is 12.4. The van der Waals surface area contributed by atoms with Crippen molar-refractivity contribution in [3.05, 3.63) is 126 Å². The van der Waals surface area contributed by atoms with Gasteiger partial charge in [-0.15, -0.1) is 5.10 Å². The van der Waals surface area contributed by atoms with Crippen LogP contribution in [0.4, 0.5) is 23.9 Å². The number of nitrogens with one attached hydrogen (secondary N) is 1. The van der Waals surface area contributed by atoms with Crippen LogP contribution in [0.1, 0.15) is 54.1 Å². The summed E-state index contributed by atoms with van der Waals surface area (Å²) in [5.74, 6) is 0.305. The largest absolute Gasteiger partial charge is 0.445 e. The molecule has 3 heterocycles. The second kappa shape index (κ2) is 14.0. The summed E-state index contributed by atoms with van der Waals surface area (Å²) in [5.41, 5.74) is 3.42. The number of amides is 1. The van der Waals surface area contributed by atoms with Crippen LogP contribution < -0.4 is 5.32 Å². The van der Waals surface area contributed by atoms with Crippen molar-refractivity contribution >= 4 is 12.0 Å². The van der Waals surface area contributed by atoms with Crippen LogP contribution in [-0.2, 0) is 17.5 Å². The molecule has 0 aliphatic carbocycles. The maximum Gasteiger partial charge on any atom is 0.416 e. The highest BCUT2D eigenvalue weighted by molar-refractivity contribution is 5.79. The Morgan fingerprint density at radius 3 is 2.38 bits per heavy atom. The Morgan fingerprint density at radius 2 is 1.66 bits per heavy atom. The van der Waals surface area contributed by atoms with Gasteiger partial charge in [0, 0.05) is 30.8 Å². The van der Waals surface area contributed by atoms with E-state index in [2.05, 4.69) is 25.5 Å². The van der Waals surface area contributed by atoms with Crippen LogP contribution in [0.3, 0.4) is 0 Å². The number of benzene rings is 3. The second-order valence-electron chi connectivity index (χ2n) is 11.5. The Hall–Kier alpha value is -5.32. The SMILES string of the molecule is CC(Nc1nccc(-c2nnc(C3CCN(C(=O)OCc4ccccc4)CC3)cc2-c2cccc(C(F)(F)F)c2)n1)c1ccccc1. The Balaban J connectivity index is 1.25. The van der Waals surface area contributed by atoms with Crippen LogP contribution in [0.5, 0.6) is 0 Å². The minimum Gasteiger partial charge on any atom is -0.445 e. The number of likely N-dealkylation sites (tertiary alicyclic amines) is 1. The van der Waals surface area contributed by atoms with E-state index in [1.54, 1.807) is 29.3 Å². The van der Waals surface area contributed by atoms with Crippen molar-refractivity contribution in [1.29, 1.82) is 0 Å². The molecule has 1 fully saturated rings. The van der Waals surface area contributed by atoms with Gasteiger partial charge in [-0.3, -0.25) is 0 Å². The first-order chi connectivity index (χ1) is 22.7. The molecule has 1 aliphatic rings. The van der Waals surface area contributed by atoms with Gasteiger partial charge >= 0.3 is 12.3 Å². The van der Waals surface area contributed by atoms with E-state index < -0.39 is 11.7 Å². The summed E-state index contributed by atoms with van der Waals surface area (Å²) >= 11 is 0. The van der Waals surface area contributed by atoms with Crippen molar-refractivity contribution in [1.82, 2.24) is 25.1 Å².